The normalized spacial score (nSPS) is 11.5. The molecule has 1 rings (SSSR count). The van der Waals surface area contributed by atoms with Crippen molar-refractivity contribution in [1.29, 1.82) is 0 Å². The first-order valence-corrected chi connectivity index (χ1v) is 5.65. The van der Waals surface area contributed by atoms with Crippen LogP contribution in [0.3, 0.4) is 0 Å². The topological polar surface area (TPSA) is 47.3 Å². The molecule has 1 aromatic carbocycles. The minimum Gasteiger partial charge on any atom is -0.497 e. The van der Waals surface area contributed by atoms with Crippen LogP contribution in [0.2, 0.25) is 0 Å². The lowest BCUT2D eigenvalue weighted by molar-refractivity contribution is 0.400. The van der Waals surface area contributed by atoms with Crippen LogP contribution in [-0.4, -0.2) is 25.7 Å². The van der Waals surface area contributed by atoms with Crippen molar-refractivity contribution < 1.29 is 4.74 Å². The van der Waals surface area contributed by atoms with Gasteiger partial charge in [0.15, 0.2) is 0 Å². The fourth-order valence-electron chi connectivity index (χ4n) is 1.45. The molecular weight excluding hydrogens is 200 g/mol. The van der Waals surface area contributed by atoms with Crippen molar-refractivity contribution in [2.75, 3.05) is 20.2 Å². The average molecular weight is 222 g/mol. The Kier molecular flexibility index (Phi) is 4.77. The SMILES string of the molecule is COc1cccc(CCNC(C)(C)CN)c1. The molecule has 0 aromatic heterocycles. The van der Waals surface area contributed by atoms with E-state index in [0.29, 0.717) is 6.54 Å². The van der Waals surface area contributed by atoms with Crippen LogP contribution in [-0.2, 0) is 6.42 Å². The molecule has 0 spiro atoms. The Bertz CT molecular complexity index is 323. The van der Waals surface area contributed by atoms with E-state index in [1.54, 1.807) is 7.11 Å². The van der Waals surface area contributed by atoms with Gasteiger partial charge >= 0.3 is 0 Å². The van der Waals surface area contributed by atoms with Gasteiger partial charge in [0.05, 0.1) is 7.11 Å². The molecule has 0 radical (unpaired) electrons. The van der Waals surface area contributed by atoms with E-state index in [1.165, 1.54) is 5.56 Å². The largest absolute Gasteiger partial charge is 0.497 e. The highest BCUT2D eigenvalue weighted by Gasteiger charge is 2.13. The van der Waals surface area contributed by atoms with Gasteiger partial charge in [0, 0.05) is 12.1 Å². The number of methoxy groups -OCH3 is 1. The molecule has 0 aliphatic rings. The second-order valence-corrected chi connectivity index (χ2v) is 4.62. The third kappa shape index (κ3) is 4.21. The van der Waals surface area contributed by atoms with E-state index in [4.69, 9.17) is 10.5 Å². The summed E-state index contributed by atoms with van der Waals surface area (Å²) in [6.07, 6.45) is 0.987. The van der Waals surface area contributed by atoms with Gasteiger partial charge in [-0.15, -0.1) is 0 Å². The minimum atomic E-state index is 0.0128. The maximum Gasteiger partial charge on any atom is 0.119 e. The Morgan fingerprint density at radius 3 is 2.75 bits per heavy atom. The van der Waals surface area contributed by atoms with Crippen LogP contribution in [0, 0.1) is 0 Å². The lowest BCUT2D eigenvalue weighted by Gasteiger charge is -2.24. The molecule has 0 heterocycles. The maximum atomic E-state index is 5.65. The van der Waals surface area contributed by atoms with Gasteiger partial charge in [-0.1, -0.05) is 12.1 Å². The summed E-state index contributed by atoms with van der Waals surface area (Å²) in [5.41, 5.74) is 6.94. The fourth-order valence-corrected chi connectivity index (χ4v) is 1.45. The predicted octanol–water partition coefficient (Wildman–Crippen LogP) is 1.56. The van der Waals surface area contributed by atoms with Crippen LogP contribution in [0.25, 0.3) is 0 Å². The number of benzene rings is 1. The van der Waals surface area contributed by atoms with E-state index in [9.17, 15) is 0 Å². The molecule has 3 nitrogen and oxygen atoms in total. The van der Waals surface area contributed by atoms with Crippen molar-refractivity contribution in [3.63, 3.8) is 0 Å². The van der Waals surface area contributed by atoms with Gasteiger partial charge in [-0.3, -0.25) is 0 Å². The van der Waals surface area contributed by atoms with Crippen LogP contribution in [0.1, 0.15) is 19.4 Å². The summed E-state index contributed by atoms with van der Waals surface area (Å²) in [4.78, 5) is 0. The second kappa shape index (κ2) is 5.87. The highest BCUT2D eigenvalue weighted by atomic mass is 16.5. The zero-order valence-corrected chi connectivity index (χ0v) is 10.4. The summed E-state index contributed by atoms with van der Waals surface area (Å²) in [5, 5.41) is 3.43. The molecule has 3 N–H and O–H groups in total. The van der Waals surface area contributed by atoms with Crippen molar-refractivity contribution in [2.45, 2.75) is 25.8 Å². The van der Waals surface area contributed by atoms with Crippen molar-refractivity contribution in [3.8, 4) is 5.75 Å². The molecule has 0 unspecified atom stereocenters. The third-order valence-electron chi connectivity index (χ3n) is 2.66. The van der Waals surface area contributed by atoms with Gasteiger partial charge in [-0.2, -0.15) is 0 Å². The van der Waals surface area contributed by atoms with Gasteiger partial charge in [-0.25, -0.2) is 0 Å². The molecule has 90 valence electrons. The van der Waals surface area contributed by atoms with Gasteiger partial charge < -0.3 is 15.8 Å². The number of hydrogen-bond acceptors (Lipinski definition) is 3. The standard InChI is InChI=1S/C13H22N2O/c1-13(2,10-14)15-8-7-11-5-4-6-12(9-11)16-3/h4-6,9,15H,7-8,10,14H2,1-3H3. The lowest BCUT2D eigenvalue weighted by atomic mass is 10.1. The van der Waals surface area contributed by atoms with Crippen molar-refractivity contribution >= 4 is 0 Å². The van der Waals surface area contributed by atoms with Crippen molar-refractivity contribution in [1.82, 2.24) is 5.32 Å². The maximum absolute atomic E-state index is 5.65. The minimum absolute atomic E-state index is 0.0128. The molecule has 0 amide bonds. The van der Waals surface area contributed by atoms with E-state index in [1.807, 2.05) is 12.1 Å². The van der Waals surface area contributed by atoms with Crippen LogP contribution in [0.5, 0.6) is 5.75 Å². The molecule has 0 aliphatic heterocycles. The van der Waals surface area contributed by atoms with Gasteiger partial charge in [0.2, 0.25) is 0 Å². The molecule has 0 fully saturated rings. The van der Waals surface area contributed by atoms with E-state index in [0.717, 1.165) is 18.7 Å². The molecule has 16 heavy (non-hydrogen) atoms. The summed E-state index contributed by atoms with van der Waals surface area (Å²) >= 11 is 0. The molecule has 0 atom stereocenters. The van der Waals surface area contributed by atoms with Crippen LogP contribution in [0.4, 0.5) is 0 Å². The number of nitrogens with two attached hydrogens (primary N) is 1. The third-order valence-corrected chi connectivity index (χ3v) is 2.66. The molecule has 3 heteroatoms. The lowest BCUT2D eigenvalue weighted by Crippen LogP contribution is -2.46. The number of rotatable bonds is 6. The Balaban J connectivity index is 2.42. The first kappa shape index (κ1) is 13.0. The first-order valence-electron chi connectivity index (χ1n) is 5.65. The van der Waals surface area contributed by atoms with Gasteiger partial charge in [0.1, 0.15) is 5.75 Å². The van der Waals surface area contributed by atoms with Crippen molar-refractivity contribution in [2.24, 2.45) is 5.73 Å². The van der Waals surface area contributed by atoms with Crippen LogP contribution < -0.4 is 15.8 Å². The highest BCUT2D eigenvalue weighted by Crippen LogP contribution is 2.12. The molecule has 0 saturated heterocycles. The van der Waals surface area contributed by atoms with Gasteiger partial charge in [0.25, 0.3) is 0 Å². The number of hydrogen-bond donors (Lipinski definition) is 2. The smallest absolute Gasteiger partial charge is 0.119 e. The summed E-state index contributed by atoms with van der Waals surface area (Å²) in [6.45, 7) is 5.79. The quantitative estimate of drug-likeness (QED) is 0.768. The molecule has 0 saturated carbocycles. The summed E-state index contributed by atoms with van der Waals surface area (Å²) in [5.74, 6) is 0.913. The van der Waals surface area contributed by atoms with E-state index < -0.39 is 0 Å². The zero-order chi connectivity index (χ0) is 12.0. The van der Waals surface area contributed by atoms with Gasteiger partial charge in [-0.05, 0) is 44.5 Å². The molecule has 0 bridgehead atoms. The molecule has 0 aliphatic carbocycles. The zero-order valence-electron chi connectivity index (χ0n) is 10.4. The first-order chi connectivity index (χ1) is 7.57. The Morgan fingerprint density at radius 1 is 1.38 bits per heavy atom. The predicted molar refractivity (Wildman–Crippen MR) is 67.8 cm³/mol. The van der Waals surface area contributed by atoms with E-state index in [-0.39, 0.29) is 5.54 Å². The summed E-state index contributed by atoms with van der Waals surface area (Å²) in [7, 11) is 1.69. The molecule has 1 aromatic rings. The van der Waals surface area contributed by atoms with Crippen LogP contribution in [0.15, 0.2) is 24.3 Å². The Hall–Kier alpha value is -1.06. The number of nitrogens with one attached hydrogen (secondary N) is 1. The Labute approximate surface area is 98.0 Å². The molecular formula is C13H22N2O. The monoisotopic (exact) mass is 222 g/mol. The Morgan fingerprint density at radius 2 is 2.12 bits per heavy atom. The number of ether oxygens (including phenoxy) is 1. The summed E-state index contributed by atoms with van der Waals surface area (Å²) in [6, 6.07) is 8.15. The fraction of sp³-hybridized carbons (Fsp3) is 0.538. The second-order valence-electron chi connectivity index (χ2n) is 4.62. The average Bonchev–Trinajstić information content (AvgIpc) is 2.29. The van der Waals surface area contributed by atoms with E-state index in [2.05, 4.69) is 31.3 Å². The van der Waals surface area contributed by atoms with E-state index >= 15 is 0 Å². The highest BCUT2D eigenvalue weighted by molar-refractivity contribution is 5.28. The van der Waals surface area contributed by atoms with Crippen LogP contribution >= 0.6 is 0 Å². The summed E-state index contributed by atoms with van der Waals surface area (Å²) < 4.78 is 5.18. The van der Waals surface area contributed by atoms with Crippen molar-refractivity contribution in [3.05, 3.63) is 29.8 Å².